The summed E-state index contributed by atoms with van der Waals surface area (Å²) in [6, 6.07) is 10.7. The van der Waals surface area contributed by atoms with Crippen molar-refractivity contribution in [1.82, 2.24) is 29.6 Å². The number of fused-ring (bicyclic) bond motifs is 2. The van der Waals surface area contributed by atoms with Crippen molar-refractivity contribution in [2.24, 2.45) is 0 Å². The number of nitrogens with zero attached hydrogens (tertiary/aromatic N) is 4. The summed E-state index contributed by atoms with van der Waals surface area (Å²) in [4.78, 5) is 30.4. The lowest BCUT2D eigenvalue weighted by Crippen LogP contribution is -2.30. The van der Waals surface area contributed by atoms with E-state index in [0.29, 0.717) is 28.1 Å². The molecule has 3 heterocycles. The third-order valence-electron chi connectivity index (χ3n) is 5.00. The van der Waals surface area contributed by atoms with Gasteiger partial charge in [-0.05, 0) is 37.3 Å². The number of thiazole rings is 1. The van der Waals surface area contributed by atoms with E-state index in [1.165, 1.54) is 18.2 Å². The average molecular weight is 549 g/mol. The lowest BCUT2D eigenvalue weighted by Gasteiger charge is -2.05. The monoisotopic (exact) mass is 548 g/mol. The summed E-state index contributed by atoms with van der Waals surface area (Å²) in [7, 11) is -4.29. The smallest absolute Gasteiger partial charge is 0.451 e. The average Bonchev–Trinajstić information content (AvgIpc) is 3.47. The quantitative estimate of drug-likeness (QED) is 0.322. The van der Waals surface area contributed by atoms with Gasteiger partial charge in [0.15, 0.2) is 5.65 Å². The van der Waals surface area contributed by atoms with Crippen LogP contribution in [0.5, 0.6) is 5.75 Å². The Morgan fingerprint density at radius 2 is 1.95 bits per heavy atom. The first-order valence-electron chi connectivity index (χ1n) is 10.5. The van der Waals surface area contributed by atoms with Crippen LogP contribution < -0.4 is 9.46 Å². The predicted octanol–water partition coefficient (Wildman–Crippen LogP) is 4.17. The van der Waals surface area contributed by atoms with Crippen LogP contribution >= 0.6 is 11.3 Å². The number of carbonyl (C=O) groups excluding carboxylic acids is 1. The molecule has 10 nitrogen and oxygen atoms in total. The molecule has 0 spiro atoms. The van der Waals surface area contributed by atoms with E-state index < -0.39 is 27.9 Å². The van der Waals surface area contributed by atoms with Crippen LogP contribution in [0.4, 0.5) is 13.2 Å². The highest BCUT2D eigenvalue weighted by Gasteiger charge is 2.35. The number of ether oxygens (including phenoxy) is 1. The number of imidazole rings is 1. The van der Waals surface area contributed by atoms with Crippen LogP contribution in [0.25, 0.3) is 32.8 Å². The molecular formula is C22H15F3N6O4S2. The number of aromatic nitrogens is 5. The molecule has 5 aromatic rings. The number of hydrogen-bond donors (Lipinski definition) is 2. The van der Waals surface area contributed by atoms with Gasteiger partial charge in [0.2, 0.25) is 10.2 Å². The molecule has 3 aromatic heterocycles. The maximum Gasteiger partial charge on any atom is 0.451 e. The molecule has 1 amide bonds. The van der Waals surface area contributed by atoms with Crippen molar-refractivity contribution in [3.63, 3.8) is 0 Å². The number of hydrogen-bond acceptors (Lipinski definition) is 9. The van der Waals surface area contributed by atoms with Gasteiger partial charge in [-0.1, -0.05) is 12.1 Å². The molecular weight excluding hydrogens is 533 g/mol. The van der Waals surface area contributed by atoms with Crippen molar-refractivity contribution in [1.29, 1.82) is 0 Å². The van der Waals surface area contributed by atoms with E-state index in [2.05, 4.69) is 24.9 Å². The molecule has 5 rings (SSSR count). The number of carbonyl (C=O) groups is 1. The minimum absolute atomic E-state index is 0.0247. The van der Waals surface area contributed by atoms with Gasteiger partial charge >= 0.3 is 6.18 Å². The Labute approximate surface area is 210 Å². The van der Waals surface area contributed by atoms with Gasteiger partial charge in [-0.3, -0.25) is 4.79 Å². The first-order chi connectivity index (χ1) is 17.5. The standard InChI is InChI=1S/C22H15F3N6O4S2/c1-2-35-13-6-7-14-16(9-13)36-21(28-14)37(33,34)31-19(32)12-5-3-4-11(8-12)17-27-15-10-26-20(22(23,24)25)30-18(15)29-17/h3-10H,2H2,1H3,(H,31,32)(H,26,27,29,30). The fourth-order valence-electron chi connectivity index (χ4n) is 3.37. The second kappa shape index (κ2) is 9.08. The summed E-state index contributed by atoms with van der Waals surface area (Å²) >= 11 is 0.885. The highest BCUT2D eigenvalue weighted by Crippen LogP contribution is 2.30. The van der Waals surface area contributed by atoms with Crippen LogP contribution in [-0.2, 0) is 16.2 Å². The lowest BCUT2D eigenvalue weighted by atomic mass is 10.1. The van der Waals surface area contributed by atoms with Crippen molar-refractivity contribution in [3.8, 4) is 17.1 Å². The number of rotatable bonds is 6. The van der Waals surface area contributed by atoms with Gasteiger partial charge in [0.25, 0.3) is 15.9 Å². The number of amides is 1. The normalized spacial score (nSPS) is 12.2. The fraction of sp³-hybridized carbons (Fsp3) is 0.136. The molecule has 0 bridgehead atoms. The molecule has 0 fully saturated rings. The molecule has 190 valence electrons. The van der Waals surface area contributed by atoms with Crippen LogP contribution in [0.1, 0.15) is 23.1 Å². The van der Waals surface area contributed by atoms with Gasteiger partial charge in [-0.15, -0.1) is 11.3 Å². The van der Waals surface area contributed by atoms with Gasteiger partial charge in [0, 0.05) is 11.1 Å². The summed E-state index contributed by atoms with van der Waals surface area (Å²) in [5.41, 5.74) is 0.676. The summed E-state index contributed by atoms with van der Waals surface area (Å²) < 4.78 is 72.0. The van der Waals surface area contributed by atoms with Crippen molar-refractivity contribution < 1.29 is 31.1 Å². The minimum Gasteiger partial charge on any atom is -0.494 e. The highest BCUT2D eigenvalue weighted by molar-refractivity contribution is 7.92. The first kappa shape index (κ1) is 24.6. The minimum atomic E-state index is -4.73. The molecule has 0 saturated carbocycles. The van der Waals surface area contributed by atoms with Crippen LogP contribution in [0.3, 0.4) is 0 Å². The van der Waals surface area contributed by atoms with Gasteiger partial charge in [0.05, 0.1) is 23.0 Å². The van der Waals surface area contributed by atoms with Crippen molar-refractivity contribution in [2.45, 2.75) is 17.4 Å². The molecule has 0 saturated heterocycles. The van der Waals surface area contributed by atoms with Gasteiger partial charge in [-0.2, -0.15) is 21.6 Å². The number of sulfonamides is 1. The number of benzene rings is 2. The number of aromatic amines is 1. The van der Waals surface area contributed by atoms with Crippen LogP contribution in [-0.4, -0.2) is 45.9 Å². The number of alkyl halides is 3. The van der Waals surface area contributed by atoms with E-state index in [1.807, 2.05) is 11.6 Å². The molecule has 37 heavy (non-hydrogen) atoms. The Hall–Kier alpha value is -4.11. The maximum absolute atomic E-state index is 12.9. The van der Waals surface area contributed by atoms with E-state index in [-0.39, 0.29) is 26.9 Å². The molecule has 0 aliphatic rings. The van der Waals surface area contributed by atoms with E-state index in [4.69, 9.17) is 4.74 Å². The zero-order chi connectivity index (χ0) is 26.4. The van der Waals surface area contributed by atoms with Crippen LogP contribution in [0.2, 0.25) is 0 Å². The molecule has 0 aliphatic carbocycles. The maximum atomic E-state index is 12.9. The van der Waals surface area contributed by atoms with Crippen molar-refractivity contribution in [2.75, 3.05) is 6.61 Å². The number of H-pyrrole nitrogens is 1. The Bertz CT molecular complexity index is 1770. The van der Waals surface area contributed by atoms with Crippen LogP contribution in [0, 0.1) is 0 Å². The topological polar surface area (TPSA) is 140 Å². The number of nitrogens with one attached hydrogen (secondary N) is 2. The molecule has 2 aromatic carbocycles. The largest absolute Gasteiger partial charge is 0.494 e. The molecule has 15 heteroatoms. The summed E-state index contributed by atoms with van der Waals surface area (Å²) in [5.74, 6) is -1.57. The van der Waals surface area contributed by atoms with E-state index in [1.54, 1.807) is 24.3 Å². The van der Waals surface area contributed by atoms with E-state index in [9.17, 15) is 26.4 Å². The van der Waals surface area contributed by atoms with Gasteiger partial charge in [-0.25, -0.2) is 24.7 Å². The molecule has 0 unspecified atom stereocenters. The van der Waals surface area contributed by atoms with Crippen molar-refractivity contribution in [3.05, 3.63) is 60.0 Å². The summed E-state index contributed by atoms with van der Waals surface area (Å²) in [6.45, 7) is 2.27. The predicted molar refractivity (Wildman–Crippen MR) is 128 cm³/mol. The Morgan fingerprint density at radius 1 is 1.14 bits per heavy atom. The SMILES string of the molecule is CCOc1ccc2nc(S(=O)(=O)NC(=O)c3cccc(-c4nc5nc(C(F)(F)F)ncc5[nH]4)c3)sc2c1. The third kappa shape index (κ3) is 4.95. The fourth-order valence-corrected chi connectivity index (χ4v) is 5.59. The first-order valence-corrected chi connectivity index (χ1v) is 12.8. The third-order valence-corrected chi connectivity index (χ3v) is 7.73. The van der Waals surface area contributed by atoms with Crippen molar-refractivity contribution >= 4 is 48.6 Å². The van der Waals surface area contributed by atoms with Gasteiger partial charge in [0.1, 0.15) is 17.1 Å². The molecule has 2 N–H and O–H groups in total. The highest BCUT2D eigenvalue weighted by atomic mass is 32.2. The van der Waals surface area contributed by atoms with E-state index >= 15 is 0 Å². The molecule has 0 radical (unpaired) electrons. The molecule has 0 aliphatic heterocycles. The number of halogens is 3. The van der Waals surface area contributed by atoms with E-state index in [0.717, 1.165) is 17.5 Å². The lowest BCUT2D eigenvalue weighted by molar-refractivity contribution is -0.144. The van der Waals surface area contributed by atoms with Gasteiger partial charge < -0.3 is 9.72 Å². The second-order valence-corrected chi connectivity index (χ2v) is 10.5. The van der Waals surface area contributed by atoms with Crippen LogP contribution in [0.15, 0.2) is 53.0 Å². The summed E-state index contributed by atoms with van der Waals surface area (Å²) in [5, 5.41) is 0. The zero-order valence-electron chi connectivity index (χ0n) is 18.7. The Morgan fingerprint density at radius 3 is 2.70 bits per heavy atom. The Balaban J connectivity index is 1.40. The zero-order valence-corrected chi connectivity index (χ0v) is 20.3. The second-order valence-electron chi connectivity index (χ2n) is 7.57. The summed E-state index contributed by atoms with van der Waals surface area (Å²) in [6.07, 6.45) is -3.77. The Kier molecular flexibility index (Phi) is 6.03. The molecule has 0 atom stereocenters.